The lowest BCUT2D eigenvalue weighted by Crippen LogP contribution is -2.29. The monoisotopic (exact) mass is 547 g/mol. The number of aromatic nitrogens is 4. The lowest BCUT2D eigenvalue weighted by Gasteiger charge is -2.29. The number of likely N-dealkylation sites (tertiary alicyclic amines) is 1. The summed E-state index contributed by atoms with van der Waals surface area (Å²) >= 11 is 0. The molecule has 1 aromatic carbocycles. The quantitative estimate of drug-likeness (QED) is 0.303. The molecule has 0 spiro atoms. The third kappa shape index (κ3) is 6.42. The minimum atomic E-state index is -4.57. The zero-order valence-electron chi connectivity index (χ0n) is 22.0. The Morgan fingerprint density at radius 2 is 1.82 bits per heavy atom. The van der Waals surface area contributed by atoms with Crippen molar-refractivity contribution < 1.29 is 18.0 Å². The number of hydrogen-bond acceptors (Lipinski definition) is 7. The molecule has 11 heteroatoms. The first-order valence-electron chi connectivity index (χ1n) is 12.8. The highest BCUT2D eigenvalue weighted by Crippen LogP contribution is 2.35. The molecule has 8 nitrogen and oxygen atoms in total. The fourth-order valence-corrected chi connectivity index (χ4v) is 4.67. The Morgan fingerprint density at radius 3 is 2.55 bits per heavy atom. The number of nitrogens with zero attached hydrogens (tertiary/aromatic N) is 5. The normalized spacial score (nSPS) is 14.6. The maximum atomic E-state index is 13.7. The fourth-order valence-electron chi connectivity index (χ4n) is 4.67. The van der Waals surface area contributed by atoms with E-state index < -0.39 is 17.6 Å². The molecule has 206 valence electrons. The van der Waals surface area contributed by atoms with Crippen LogP contribution in [-0.2, 0) is 6.18 Å². The van der Waals surface area contributed by atoms with E-state index in [1.54, 1.807) is 43.7 Å². The fraction of sp³-hybridized carbons (Fsp3) is 0.276. The summed E-state index contributed by atoms with van der Waals surface area (Å²) in [5, 5.41) is 5.81. The molecule has 0 saturated carbocycles. The van der Waals surface area contributed by atoms with Crippen molar-refractivity contribution in [2.24, 2.45) is 0 Å². The first-order chi connectivity index (χ1) is 19.2. The minimum absolute atomic E-state index is 0.0377. The number of rotatable bonds is 6. The number of piperidine rings is 1. The maximum absolute atomic E-state index is 13.7. The van der Waals surface area contributed by atoms with Gasteiger partial charge in [0.15, 0.2) is 0 Å². The SMILES string of the molecule is Cc1ncc(NC(=O)c2cc(C3CCN(C)CC3)cc(C(F)(F)F)c2)cc1Nc1nccc(-c2cccnc2)n1. The van der Waals surface area contributed by atoms with Gasteiger partial charge >= 0.3 is 6.18 Å². The Morgan fingerprint density at radius 1 is 1.02 bits per heavy atom. The van der Waals surface area contributed by atoms with E-state index in [4.69, 9.17) is 0 Å². The van der Waals surface area contributed by atoms with Gasteiger partial charge < -0.3 is 15.5 Å². The Balaban J connectivity index is 1.37. The van der Waals surface area contributed by atoms with E-state index in [0.29, 0.717) is 34.3 Å². The van der Waals surface area contributed by atoms with E-state index in [0.717, 1.165) is 37.6 Å². The van der Waals surface area contributed by atoms with Crippen molar-refractivity contribution in [1.29, 1.82) is 0 Å². The van der Waals surface area contributed by atoms with Gasteiger partial charge in [0, 0.05) is 29.7 Å². The zero-order valence-corrected chi connectivity index (χ0v) is 22.0. The van der Waals surface area contributed by atoms with E-state index in [1.165, 1.54) is 12.3 Å². The number of anilines is 3. The van der Waals surface area contributed by atoms with Crippen LogP contribution in [0.1, 0.15) is 45.9 Å². The number of benzene rings is 1. The van der Waals surface area contributed by atoms with Gasteiger partial charge in [0.1, 0.15) is 0 Å². The first-order valence-corrected chi connectivity index (χ1v) is 12.8. The Hall–Kier alpha value is -4.38. The lowest BCUT2D eigenvalue weighted by molar-refractivity contribution is -0.137. The lowest BCUT2D eigenvalue weighted by atomic mass is 9.87. The van der Waals surface area contributed by atoms with Crippen molar-refractivity contribution >= 4 is 23.2 Å². The summed E-state index contributed by atoms with van der Waals surface area (Å²) in [6.45, 7) is 3.36. The third-order valence-electron chi connectivity index (χ3n) is 6.94. The van der Waals surface area contributed by atoms with Gasteiger partial charge in [0.25, 0.3) is 5.91 Å². The summed E-state index contributed by atoms with van der Waals surface area (Å²) in [5.74, 6) is -0.369. The highest BCUT2D eigenvalue weighted by molar-refractivity contribution is 6.04. The average molecular weight is 548 g/mol. The van der Waals surface area contributed by atoms with Gasteiger partial charge in [-0.05, 0) is 93.8 Å². The summed E-state index contributed by atoms with van der Waals surface area (Å²) in [6.07, 6.45) is 3.34. The predicted octanol–water partition coefficient (Wildman–Crippen LogP) is 6.07. The van der Waals surface area contributed by atoms with Crippen LogP contribution in [0.3, 0.4) is 0 Å². The predicted molar refractivity (Wildman–Crippen MR) is 146 cm³/mol. The molecule has 1 saturated heterocycles. The molecule has 0 aliphatic carbocycles. The number of pyridine rings is 2. The van der Waals surface area contributed by atoms with E-state index in [1.807, 2.05) is 19.2 Å². The molecule has 4 aromatic rings. The number of hydrogen-bond donors (Lipinski definition) is 2. The van der Waals surface area contributed by atoms with Crippen LogP contribution in [0.25, 0.3) is 11.3 Å². The van der Waals surface area contributed by atoms with Crippen molar-refractivity contribution in [2.75, 3.05) is 30.8 Å². The molecule has 0 bridgehead atoms. The van der Waals surface area contributed by atoms with E-state index in [9.17, 15) is 18.0 Å². The highest BCUT2D eigenvalue weighted by atomic mass is 19.4. The molecule has 0 unspecified atom stereocenters. The molecular formula is C29H28F3N7O. The summed E-state index contributed by atoms with van der Waals surface area (Å²) in [6, 6.07) is 10.7. The summed E-state index contributed by atoms with van der Waals surface area (Å²) < 4.78 is 41.2. The number of carbonyl (C=O) groups excluding carboxylic acids is 1. The van der Waals surface area contributed by atoms with Crippen LogP contribution in [0.5, 0.6) is 0 Å². The van der Waals surface area contributed by atoms with Crippen LogP contribution in [0.4, 0.5) is 30.5 Å². The molecule has 5 rings (SSSR count). The summed E-state index contributed by atoms with van der Waals surface area (Å²) in [5.41, 5.74) is 2.63. The number of nitrogens with one attached hydrogen (secondary N) is 2. The van der Waals surface area contributed by atoms with Crippen LogP contribution >= 0.6 is 0 Å². The van der Waals surface area contributed by atoms with Crippen molar-refractivity contribution in [3.05, 3.63) is 89.6 Å². The molecule has 1 amide bonds. The van der Waals surface area contributed by atoms with Crippen molar-refractivity contribution in [1.82, 2.24) is 24.8 Å². The smallest absolute Gasteiger partial charge is 0.322 e. The zero-order chi connectivity index (χ0) is 28.3. The number of carbonyl (C=O) groups is 1. The van der Waals surface area contributed by atoms with Gasteiger partial charge in [0.2, 0.25) is 5.95 Å². The van der Waals surface area contributed by atoms with E-state index in [-0.39, 0.29) is 11.5 Å². The molecule has 0 radical (unpaired) electrons. The van der Waals surface area contributed by atoms with Crippen molar-refractivity contribution in [2.45, 2.75) is 31.9 Å². The van der Waals surface area contributed by atoms with Crippen LogP contribution < -0.4 is 10.6 Å². The number of halogens is 3. The number of amides is 1. The Bertz CT molecular complexity index is 1500. The molecule has 3 aromatic heterocycles. The molecule has 1 fully saturated rings. The third-order valence-corrected chi connectivity index (χ3v) is 6.94. The van der Waals surface area contributed by atoms with Crippen LogP contribution in [-0.4, -0.2) is 50.9 Å². The number of aryl methyl sites for hydroxylation is 1. The Labute approximate surface area is 229 Å². The van der Waals surface area contributed by atoms with Gasteiger partial charge in [-0.1, -0.05) is 0 Å². The summed E-state index contributed by atoms with van der Waals surface area (Å²) in [4.78, 5) is 32.5. The van der Waals surface area contributed by atoms with Gasteiger partial charge in [-0.2, -0.15) is 13.2 Å². The average Bonchev–Trinajstić information content (AvgIpc) is 2.95. The van der Waals surface area contributed by atoms with Gasteiger partial charge in [-0.3, -0.25) is 14.8 Å². The Kier molecular flexibility index (Phi) is 7.74. The second-order valence-electron chi connectivity index (χ2n) is 9.86. The highest BCUT2D eigenvalue weighted by Gasteiger charge is 2.33. The van der Waals surface area contributed by atoms with Gasteiger partial charge in [-0.25, -0.2) is 9.97 Å². The van der Waals surface area contributed by atoms with Crippen molar-refractivity contribution in [3.8, 4) is 11.3 Å². The van der Waals surface area contributed by atoms with Crippen molar-refractivity contribution in [3.63, 3.8) is 0 Å². The molecule has 1 aliphatic heterocycles. The van der Waals surface area contributed by atoms with Gasteiger partial charge in [0.05, 0.1) is 34.5 Å². The molecule has 4 heterocycles. The standard InChI is InChI=1S/C29H28F3N7O/c1-18-26(38-28-34-9-5-25(37-28)20-4-3-8-33-16-20)15-24(17-35-18)36-27(40)22-12-21(13-23(14-22)29(30,31)32)19-6-10-39(2)11-7-19/h3-5,8-9,12-17,19H,6-7,10-11H2,1-2H3,(H,36,40)(H,34,37,38). The molecular weight excluding hydrogens is 519 g/mol. The number of alkyl halides is 3. The second-order valence-corrected chi connectivity index (χ2v) is 9.86. The molecule has 1 aliphatic rings. The molecule has 0 atom stereocenters. The molecule has 2 N–H and O–H groups in total. The van der Waals surface area contributed by atoms with Gasteiger partial charge in [-0.15, -0.1) is 0 Å². The minimum Gasteiger partial charge on any atom is -0.322 e. The van der Waals surface area contributed by atoms with E-state index >= 15 is 0 Å². The topological polar surface area (TPSA) is 95.9 Å². The maximum Gasteiger partial charge on any atom is 0.416 e. The van der Waals surface area contributed by atoms with Crippen LogP contribution in [0.2, 0.25) is 0 Å². The van der Waals surface area contributed by atoms with Crippen LogP contribution in [0, 0.1) is 6.92 Å². The van der Waals surface area contributed by atoms with Crippen LogP contribution in [0.15, 0.2) is 67.3 Å². The molecule has 40 heavy (non-hydrogen) atoms. The summed E-state index contributed by atoms with van der Waals surface area (Å²) in [7, 11) is 1.99. The second kappa shape index (κ2) is 11.4. The van der Waals surface area contributed by atoms with E-state index in [2.05, 4.69) is 35.5 Å². The largest absolute Gasteiger partial charge is 0.416 e. The first kappa shape index (κ1) is 27.2.